The summed E-state index contributed by atoms with van der Waals surface area (Å²) >= 11 is 7.74. The number of thiazole rings is 1. The molecule has 25 heavy (non-hydrogen) atoms. The van der Waals surface area contributed by atoms with Crippen LogP contribution in [0.15, 0.2) is 34.6 Å². The van der Waals surface area contributed by atoms with Crippen LogP contribution in [0.25, 0.3) is 0 Å². The second-order valence-electron chi connectivity index (χ2n) is 5.55. The van der Waals surface area contributed by atoms with Crippen molar-refractivity contribution >= 4 is 52.9 Å². The van der Waals surface area contributed by atoms with Crippen molar-refractivity contribution in [2.75, 3.05) is 19.6 Å². The van der Waals surface area contributed by atoms with Crippen LogP contribution in [0, 0.1) is 6.92 Å². The number of hydrogen-bond acceptors (Lipinski definition) is 3. The third kappa shape index (κ3) is 8.87. The summed E-state index contributed by atoms with van der Waals surface area (Å²) in [6.07, 6.45) is 2.92. The van der Waals surface area contributed by atoms with Crippen LogP contribution < -0.4 is 10.6 Å². The Hall–Kier alpha value is -0.860. The first-order valence-electron chi connectivity index (χ1n) is 8.35. The molecule has 0 fully saturated rings. The topological polar surface area (TPSA) is 49.3 Å². The lowest BCUT2D eigenvalue weighted by Gasteiger charge is -2.11. The molecule has 0 aliphatic carbocycles. The van der Waals surface area contributed by atoms with Crippen LogP contribution in [0.2, 0.25) is 5.02 Å². The highest BCUT2D eigenvalue weighted by molar-refractivity contribution is 14.0. The fourth-order valence-corrected chi connectivity index (χ4v) is 3.33. The Labute approximate surface area is 176 Å². The van der Waals surface area contributed by atoms with E-state index in [2.05, 4.69) is 39.0 Å². The number of aryl methyl sites for hydroxylation is 2. The maximum atomic E-state index is 6.01. The molecule has 1 heterocycles. The highest BCUT2D eigenvalue weighted by Gasteiger charge is 2.00. The molecule has 2 aromatic rings. The van der Waals surface area contributed by atoms with E-state index >= 15 is 0 Å². The van der Waals surface area contributed by atoms with Gasteiger partial charge in [-0.3, -0.25) is 4.99 Å². The number of benzene rings is 1. The van der Waals surface area contributed by atoms with Crippen LogP contribution in [-0.4, -0.2) is 30.6 Å². The van der Waals surface area contributed by atoms with E-state index in [9.17, 15) is 0 Å². The lowest BCUT2D eigenvalue weighted by atomic mass is 10.1. The number of rotatable bonds is 8. The molecule has 7 heteroatoms. The van der Waals surface area contributed by atoms with Crippen molar-refractivity contribution in [2.45, 2.75) is 33.1 Å². The highest BCUT2D eigenvalue weighted by Crippen LogP contribution is 2.11. The van der Waals surface area contributed by atoms with Gasteiger partial charge in [-0.15, -0.1) is 35.3 Å². The Bertz CT molecular complexity index is 660. The Kier molecular flexibility index (Phi) is 11.1. The van der Waals surface area contributed by atoms with E-state index in [1.165, 1.54) is 10.6 Å². The molecule has 1 aromatic carbocycles. The Morgan fingerprint density at radius 2 is 2.12 bits per heavy atom. The molecular formula is C18H26ClIN4S. The van der Waals surface area contributed by atoms with E-state index < -0.39 is 0 Å². The van der Waals surface area contributed by atoms with Crippen LogP contribution in [0.4, 0.5) is 0 Å². The number of aliphatic imine (C=N–C) groups is 1. The molecule has 0 amide bonds. The molecule has 2 rings (SSSR count). The summed E-state index contributed by atoms with van der Waals surface area (Å²) in [4.78, 5) is 9.11. The molecular weight excluding hydrogens is 467 g/mol. The minimum absolute atomic E-state index is 0. The average molecular weight is 493 g/mol. The van der Waals surface area contributed by atoms with Crippen molar-refractivity contribution in [3.8, 4) is 0 Å². The summed E-state index contributed by atoms with van der Waals surface area (Å²) in [5.41, 5.74) is 2.33. The van der Waals surface area contributed by atoms with Gasteiger partial charge in [0.05, 0.1) is 5.01 Å². The van der Waals surface area contributed by atoms with Gasteiger partial charge in [0.1, 0.15) is 0 Å². The SMILES string of the molecule is CCNC(=NCCCc1nc(C)cs1)NCCc1cccc(Cl)c1.I. The van der Waals surface area contributed by atoms with Gasteiger partial charge in [-0.2, -0.15) is 0 Å². The first-order chi connectivity index (χ1) is 11.7. The predicted octanol–water partition coefficient (Wildman–Crippen LogP) is 4.45. The molecule has 0 spiro atoms. The number of halogens is 2. The Morgan fingerprint density at radius 1 is 1.28 bits per heavy atom. The van der Waals surface area contributed by atoms with Gasteiger partial charge in [-0.1, -0.05) is 23.7 Å². The lowest BCUT2D eigenvalue weighted by molar-refractivity contribution is 0.774. The van der Waals surface area contributed by atoms with Crippen LogP contribution >= 0.6 is 46.9 Å². The molecule has 0 aliphatic rings. The smallest absolute Gasteiger partial charge is 0.191 e. The number of guanidine groups is 1. The standard InChI is InChI=1S/C18H25ClN4S.HI/c1-3-20-18(21-10-5-8-17-23-14(2)13-24-17)22-11-9-15-6-4-7-16(19)12-15;/h4,6-7,12-13H,3,5,8-11H2,1-2H3,(H2,20,21,22);1H. The number of nitrogens with zero attached hydrogens (tertiary/aromatic N) is 2. The van der Waals surface area contributed by atoms with Gasteiger partial charge in [-0.05, 0) is 44.4 Å². The Balaban J connectivity index is 0.00000312. The molecule has 2 N–H and O–H groups in total. The fourth-order valence-electron chi connectivity index (χ4n) is 2.30. The predicted molar refractivity (Wildman–Crippen MR) is 120 cm³/mol. The van der Waals surface area contributed by atoms with Gasteiger partial charge in [0, 0.05) is 42.2 Å². The summed E-state index contributed by atoms with van der Waals surface area (Å²) in [5.74, 6) is 0.870. The number of nitrogens with one attached hydrogen (secondary N) is 2. The molecule has 4 nitrogen and oxygen atoms in total. The van der Waals surface area contributed by atoms with Crippen LogP contribution in [0.1, 0.15) is 29.6 Å². The van der Waals surface area contributed by atoms with Gasteiger partial charge in [0.2, 0.25) is 0 Å². The second kappa shape index (κ2) is 12.5. The van der Waals surface area contributed by atoms with Crippen LogP contribution in [0.3, 0.4) is 0 Å². The maximum absolute atomic E-state index is 6.01. The van der Waals surface area contributed by atoms with E-state index in [0.29, 0.717) is 0 Å². The first-order valence-corrected chi connectivity index (χ1v) is 9.60. The minimum atomic E-state index is 0. The van der Waals surface area contributed by atoms with Crippen molar-refractivity contribution in [1.82, 2.24) is 15.6 Å². The largest absolute Gasteiger partial charge is 0.357 e. The zero-order valence-corrected chi connectivity index (χ0v) is 18.6. The molecule has 0 saturated heterocycles. The van der Waals surface area contributed by atoms with Crippen molar-refractivity contribution < 1.29 is 0 Å². The van der Waals surface area contributed by atoms with E-state index in [-0.39, 0.29) is 24.0 Å². The van der Waals surface area contributed by atoms with Crippen molar-refractivity contribution in [2.24, 2.45) is 4.99 Å². The van der Waals surface area contributed by atoms with Gasteiger partial charge >= 0.3 is 0 Å². The zero-order chi connectivity index (χ0) is 17.2. The third-order valence-electron chi connectivity index (χ3n) is 3.42. The zero-order valence-electron chi connectivity index (χ0n) is 14.7. The van der Waals surface area contributed by atoms with Crippen molar-refractivity contribution in [3.05, 3.63) is 50.9 Å². The van der Waals surface area contributed by atoms with Gasteiger partial charge in [-0.25, -0.2) is 4.98 Å². The Morgan fingerprint density at radius 3 is 2.80 bits per heavy atom. The lowest BCUT2D eigenvalue weighted by Crippen LogP contribution is -2.38. The van der Waals surface area contributed by atoms with E-state index in [0.717, 1.165) is 55.6 Å². The summed E-state index contributed by atoms with van der Waals surface area (Å²) in [5, 5.41) is 10.7. The molecule has 1 aromatic heterocycles. The third-order valence-corrected chi connectivity index (χ3v) is 4.69. The van der Waals surface area contributed by atoms with Crippen LogP contribution in [0.5, 0.6) is 0 Å². The quantitative estimate of drug-likeness (QED) is 0.248. The van der Waals surface area contributed by atoms with Gasteiger partial charge in [0.25, 0.3) is 0 Å². The monoisotopic (exact) mass is 492 g/mol. The normalized spacial score (nSPS) is 11.1. The molecule has 0 radical (unpaired) electrons. The second-order valence-corrected chi connectivity index (χ2v) is 6.93. The summed E-state index contributed by atoms with van der Waals surface area (Å²) in [7, 11) is 0. The number of hydrogen-bond donors (Lipinski definition) is 2. The average Bonchev–Trinajstić information content (AvgIpc) is 2.97. The minimum Gasteiger partial charge on any atom is -0.357 e. The molecule has 0 bridgehead atoms. The van der Waals surface area contributed by atoms with E-state index in [4.69, 9.17) is 11.6 Å². The van der Waals surface area contributed by atoms with Crippen molar-refractivity contribution in [1.29, 1.82) is 0 Å². The fraction of sp³-hybridized carbons (Fsp3) is 0.444. The first kappa shape index (κ1) is 22.2. The van der Waals surface area contributed by atoms with Crippen LogP contribution in [-0.2, 0) is 12.8 Å². The summed E-state index contributed by atoms with van der Waals surface area (Å²) in [6, 6.07) is 7.97. The molecule has 0 aliphatic heterocycles. The molecule has 138 valence electrons. The summed E-state index contributed by atoms with van der Waals surface area (Å²) < 4.78 is 0. The van der Waals surface area contributed by atoms with Gasteiger partial charge in [0.15, 0.2) is 5.96 Å². The van der Waals surface area contributed by atoms with Gasteiger partial charge < -0.3 is 10.6 Å². The number of aromatic nitrogens is 1. The van der Waals surface area contributed by atoms with E-state index in [1.54, 1.807) is 11.3 Å². The maximum Gasteiger partial charge on any atom is 0.191 e. The molecule has 0 atom stereocenters. The van der Waals surface area contributed by atoms with E-state index in [1.807, 2.05) is 25.1 Å². The molecule has 0 saturated carbocycles. The molecule has 0 unspecified atom stereocenters. The van der Waals surface area contributed by atoms with Crippen molar-refractivity contribution in [3.63, 3.8) is 0 Å². The highest BCUT2D eigenvalue weighted by atomic mass is 127. The summed E-state index contributed by atoms with van der Waals surface area (Å²) in [6.45, 7) is 6.59.